The van der Waals surface area contributed by atoms with Crippen LogP contribution in [0.25, 0.3) is 0 Å². The van der Waals surface area contributed by atoms with E-state index in [1.807, 2.05) is 0 Å². The second kappa shape index (κ2) is 6.51. The second-order valence-corrected chi connectivity index (χ2v) is 5.83. The minimum absolute atomic E-state index is 0.439. The Morgan fingerprint density at radius 1 is 1.32 bits per heavy atom. The number of piperazine rings is 1. The first-order chi connectivity index (χ1) is 9.11. The van der Waals surface area contributed by atoms with Gasteiger partial charge < -0.3 is 15.1 Å². The molecular weight excluding hydrogens is 234 g/mol. The first kappa shape index (κ1) is 14.5. The molecule has 0 spiro atoms. The fourth-order valence-electron chi connectivity index (χ4n) is 2.98. The molecule has 0 aromatic heterocycles. The van der Waals surface area contributed by atoms with Crippen LogP contribution >= 0.6 is 0 Å². The highest BCUT2D eigenvalue weighted by molar-refractivity contribution is 5.26. The third-order valence-corrected chi connectivity index (χ3v) is 4.08. The van der Waals surface area contributed by atoms with Crippen molar-refractivity contribution in [3.8, 4) is 0 Å². The van der Waals surface area contributed by atoms with E-state index in [9.17, 15) is 0 Å². The van der Waals surface area contributed by atoms with Crippen LogP contribution in [0.4, 0.5) is 0 Å². The molecule has 3 heteroatoms. The molecule has 2 atom stereocenters. The summed E-state index contributed by atoms with van der Waals surface area (Å²) in [6.07, 6.45) is 1.11. The van der Waals surface area contributed by atoms with Crippen molar-refractivity contribution in [2.45, 2.75) is 25.4 Å². The molecular formula is C16H27N3. The van der Waals surface area contributed by atoms with Crippen LogP contribution in [0.1, 0.15) is 24.1 Å². The van der Waals surface area contributed by atoms with Gasteiger partial charge >= 0.3 is 0 Å². The molecule has 1 heterocycles. The van der Waals surface area contributed by atoms with E-state index in [-0.39, 0.29) is 0 Å². The lowest BCUT2D eigenvalue weighted by atomic mass is 9.95. The maximum Gasteiger partial charge on any atom is 0.0508 e. The van der Waals surface area contributed by atoms with Crippen molar-refractivity contribution in [3.05, 3.63) is 35.4 Å². The van der Waals surface area contributed by atoms with Crippen molar-refractivity contribution in [1.82, 2.24) is 15.1 Å². The average molecular weight is 261 g/mol. The highest BCUT2D eigenvalue weighted by atomic mass is 15.2. The Morgan fingerprint density at radius 3 is 2.53 bits per heavy atom. The zero-order chi connectivity index (χ0) is 13.8. The van der Waals surface area contributed by atoms with Crippen LogP contribution in [-0.2, 0) is 6.42 Å². The number of rotatable bonds is 4. The number of benzene rings is 1. The maximum absolute atomic E-state index is 3.67. The third-order valence-electron chi connectivity index (χ3n) is 4.08. The quantitative estimate of drug-likeness (QED) is 0.891. The molecule has 106 valence electrons. The van der Waals surface area contributed by atoms with Crippen LogP contribution < -0.4 is 5.32 Å². The van der Waals surface area contributed by atoms with E-state index in [1.165, 1.54) is 11.1 Å². The summed E-state index contributed by atoms with van der Waals surface area (Å²) < 4.78 is 0. The zero-order valence-corrected chi connectivity index (χ0v) is 12.7. The molecule has 3 nitrogen and oxygen atoms in total. The minimum atomic E-state index is 0.439. The molecule has 1 aliphatic rings. The summed E-state index contributed by atoms with van der Waals surface area (Å²) >= 11 is 0. The average Bonchev–Trinajstić information content (AvgIpc) is 2.39. The summed E-state index contributed by atoms with van der Waals surface area (Å²) in [5.74, 6) is 0. The fraction of sp³-hybridized carbons (Fsp3) is 0.625. The van der Waals surface area contributed by atoms with Crippen LogP contribution in [0, 0.1) is 0 Å². The molecule has 1 saturated heterocycles. The molecule has 19 heavy (non-hydrogen) atoms. The SMILES string of the molecule is CCc1ccc(C(C2CN(C)CCN2)N(C)C)cc1. The summed E-state index contributed by atoms with van der Waals surface area (Å²) in [5, 5.41) is 3.67. The molecule has 1 aromatic carbocycles. The van der Waals surface area contributed by atoms with Gasteiger partial charge in [-0.1, -0.05) is 31.2 Å². The molecule has 0 saturated carbocycles. The second-order valence-electron chi connectivity index (χ2n) is 5.83. The molecule has 1 fully saturated rings. The van der Waals surface area contributed by atoms with Gasteiger partial charge in [0.25, 0.3) is 0 Å². The van der Waals surface area contributed by atoms with Crippen molar-refractivity contribution < 1.29 is 0 Å². The van der Waals surface area contributed by atoms with E-state index in [4.69, 9.17) is 0 Å². The Labute approximate surface area is 117 Å². The van der Waals surface area contributed by atoms with E-state index >= 15 is 0 Å². The lowest BCUT2D eigenvalue weighted by Crippen LogP contribution is -2.54. The molecule has 2 unspecified atom stereocenters. The van der Waals surface area contributed by atoms with Crippen molar-refractivity contribution in [1.29, 1.82) is 0 Å². The lowest BCUT2D eigenvalue weighted by molar-refractivity contribution is 0.154. The molecule has 1 N–H and O–H groups in total. The number of nitrogens with one attached hydrogen (secondary N) is 1. The maximum atomic E-state index is 3.67. The number of hydrogen-bond donors (Lipinski definition) is 1. The van der Waals surface area contributed by atoms with E-state index in [2.05, 4.69) is 67.4 Å². The van der Waals surface area contributed by atoms with Crippen LogP contribution in [0.2, 0.25) is 0 Å². The largest absolute Gasteiger partial charge is 0.310 e. The molecule has 2 rings (SSSR count). The number of aryl methyl sites for hydroxylation is 1. The van der Waals surface area contributed by atoms with Gasteiger partial charge in [-0.25, -0.2) is 0 Å². The Balaban J connectivity index is 2.18. The molecule has 1 aliphatic heterocycles. The van der Waals surface area contributed by atoms with Gasteiger partial charge in [-0.3, -0.25) is 0 Å². The van der Waals surface area contributed by atoms with Crippen LogP contribution in [-0.4, -0.2) is 56.6 Å². The summed E-state index contributed by atoms with van der Waals surface area (Å²) in [6.45, 7) is 5.54. The van der Waals surface area contributed by atoms with Gasteiger partial charge in [-0.2, -0.15) is 0 Å². The van der Waals surface area contributed by atoms with Crippen molar-refractivity contribution >= 4 is 0 Å². The monoisotopic (exact) mass is 261 g/mol. The van der Waals surface area contributed by atoms with Gasteiger partial charge in [0, 0.05) is 25.7 Å². The highest BCUT2D eigenvalue weighted by Crippen LogP contribution is 2.24. The molecule has 0 aliphatic carbocycles. The van der Waals surface area contributed by atoms with E-state index < -0.39 is 0 Å². The van der Waals surface area contributed by atoms with Gasteiger partial charge in [0.2, 0.25) is 0 Å². The molecule has 0 amide bonds. The van der Waals surface area contributed by atoms with Gasteiger partial charge in [0.05, 0.1) is 6.04 Å². The predicted molar refractivity (Wildman–Crippen MR) is 81.5 cm³/mol. The van der Waals surface area contributed by atoms with Gasteiger partial charge in [0.15, 0.2) is 0 Å². The number of likely N-dealkylation sites (N-methyl/N-ethyl adjacent to an activating group) is 2. The van der Waals surface area contributed by atoms with Crippen LogP contribution in [0.3, 0.4) is 0 Å². The van der Waals surface area contributed by atoms with E-state index in [0.717, 1.165) is 26.1 Å². The topological polar surface area (TPSA) is 18.5 Å². The Kier molecular flexibility index (Phi) is 4.97. The summed E-state index contributed by atoms with van der Waals surface area (Å²) in [5.41, 5.74) is 2.82. The smallest absolute Gasteiger partial charge is 0.0508 e. The zero-order valence-electron chi connectivity index (χ0n) is 12.7. The van der Waals surface area contributed by atoms with E-state index in [0.29, 0.717) is 12.1 Å². The first-order valence-electron chi connectivity index (χ1n) is 7.29. The van der Waals surface area contributed by atoms with Crippen molar-refractivity contribution in [2.75, 3.05) is 40.8 Å². The molecule has 0 radical (unpaired) electrons. The Morgan fingerprint density at radius 2 is 2.00 bits per heavy atom. The third kappa shape index (κ3) is 3.56. The summed E-state index contributed by atoms with van der Waals surface area (Å²) in [6, 6.07) is 10.0. The molecule has 1 aromatic rings. The number of hydrogen-bond acceptors (Lipinski definition) is 3. The van der Waals surface area contributed by atoms with Gasteiger partial charge in [-0.05, 0) is 38.7 Å². The number of nitrogens with zero attached hydrogens (tertiary/aromatic N) is 2. The van der Waals surface area contributed by atoms with Crippen LogP contribution in [0.5, 0.6) is 0 Å². The Hall–Kier alpha value is -0.900. The van der Waals surface area contributed by atoms with E-state index in [1.54, 1.807) is 0 Å². The normalized spacial score (nSPS) is 22.7. The molecule has 0 bridgehead atoms. The Bertz CT molecular complexity index is 385. The summed E-state index contributed by atoms with van der Waals surface area (Å²) in [4.78, 5) is 4.75. The van der Waals surface area contributed by atoms with Crippen molar-refractivity contribution in [3.63, 3.8) is 0 Å². The highest BCUT2D eigenvalue weighted by Gasteiger charge is 2.28. The van der Waals surface area contributed by atoms with Gasteiger partial charge in [-0.15, -0.1) is 0 Å². The van der Waals surface area contributed by atoms with Crippen molar-refractivity contribution in [2.24, 2.45) is 0 Å². The first-order valence-corrected chi connectivity index (χ1v) is 7.29. The van der Waals surface area contributed by atoms with Crippen LogP contribution in [0.15, 0.2) is 24.3 Å². The standard InChI is InChI=1S/C16H27N3/c1-5-13-6-8-14(9-7-13)16(18(2)3)15-12-19(4)11-10-17-15/h6-9,15-17H,5,10-12H2,1-4H3. The predicted octanol–water partition coefficient (Wildman–Crippen LogP) is 1.76. The van der Waals surface area contributed by atoms with Gasteiger partial charge in [0.1, 0.15) is 0 Å². The lowest BCUT2D eigenvalue weighted by Gasteiger charge is -2.39. The summed E-state index contributed by atoms with van der Waals surface area (Å²) in [7, 11) is 6.56. The fourth-order valence-corrected chi connectivity index (χ4v) is 2.98. The minimum Gasteiger partial charge on any atom is -0.310 e.